The molecule has 3 N–H and O–H groups in total. The standard InChI is InChI=1S/C14H22FN3O2/c1-14(13(16)19,17-7-8-18(2)3)10-5-6-12(20-4)11(15)9-10/h5-6,9,17H,7-8H2,1-4H3,(H2,16,19). The van der Waals surface area contributed by atoms with Gasteiger partial charge < -0.3 is 15.4 Å². The molecule has 0 spiro atoms. The number of benzene rings is 1. The first-order valence-corrected chi connectivity index (χ1v) is 6.35. The number of nitrogens with zero attached hydrogens (tertiary/aromatic N) is 1. The van der Waals surface area contributed by atoms with Crippen molar-refractivity contribution in [3.63, 3.8) is 0 Å². The molecule has 112 valence electrons. The summed E-state index contributed by atoms with van der Waals surface area (Å²) in [7, 11) is 5.24. The Morgan fingerprint density at radius 2 is 2.15 bits per heavy atom. The summed E-state index contributed by atoms with van der Waals surface area (Å²) in [5, 5.41) is 3.08. The summed E-state index contributed by atoms with van der Waals surface area (Å²) in [5.41, 5.74) is 4.82. The molecule has 0 fully saturated rings. The molecule has 0 heterocycles. The number of hydrogen-bond acceptors (Lipinski definition) is 4. The molecule has 0 aliphatic carbocycles. The van der Waals surface area contributed by atoms with Gasteiger partial charge in [0.1, 0.15) is 5.54 Å². The summed E-state index contributed by atoms with van der Waals surface area (Å²) in [6.07, 6.45) is 0. The van der Waals surface area contributed by atoms with Crippen LogP contribution in [0.15, 0.2) is 18.2 Å². The van der Waals surface area contributed by atoms with E-state index < -0.39 is 17.3 Å². The number of halogens is 1. The fourth-order valence-corrected chi connectivity index (χ4v) is 1.84. The molecule has 1 aromatic carbocycles. The Morgan fingerprint density at radius 1 is 1.50 bits per heavy atom. The van der Waals surface area contributed by atoms with Gasteiger partial charge in [-0.15, -0.1) is 0 Å². The predicted molar refractivity (Wildman–Crippen MR) is 76.1 cm³/mol. The topological polar surface area (TPSA) is 67.6 Å². The molecule has 0 aromatic heterocycles. The van der Waals surface area contributed by atoms with E-state index in [1.165, 1.54) is 19.2 Å². The van der Waals surface area contributed by atoms with Gasteiger partial charge in [0.15, 0.2) is 11.6 Å². The molecule has 0 saturated heterocycles. The molecular weight excluding hydrogens is 261 g/mol. The lowest BCUT2D eigenvalue weighted by Gasteiger charge is -2.29. The summed E-state index contributed by atoms with van der Waals surface area (Å²) in [5.74, 6) is -0.943. The van der Waals surface area contributed by atoms with Crippen molar-refractivity contribution in [2.75, 3.05) is 34.3 Å². The van der Waals surface area contributed by atoms with E-state index in [-0.39, 0.29) is 5.75 Å². The fraction of sp³-hybridized carbons (Fsp3) is 0.500. The summed E-state index contributed by atoms with van der Waals surface area (Å²) in [6, 6.07) is 4.39. The minimum atomic E-state index is -1.12. The third-order valence-electron chi connectivity index (χ3n) is 3.26. The van der Waals surface area contributed by atoms with Gasteiger partial charge >= 0.3 is 0 Å². The van der Waals surface area contributed by atoms with Crippen molar-refractivity contribution in [2.24, 2.45) is 5.73 Å². The van der Waals surface area contributed by atoms with Crippen molar-refractivity contribution in [3.05, 3.63) is 29.6 Å². The van der Waals surface area contributed by atoms with E-state index in [0.29, 0.717) is 12.1 Å². The maximum Gasteiger partial charge on any atom is 0.242 e. The lowest BCUT2D eigenvalue weighted by molar-refractivity contribution is -0.124. The number of primary amides is 1. The Balaban J connectivity index is 3.00. The van der Waals surface area contributed by atoms with Gasteiger partial charge in [-0.05, 0) is 38.7 Å². The number of hydrogen-bond donors (Lipinski definition) is 2. The number of amides is 1. The second-order valence-corrected chi connectivity index (χ2v) is 5.07. The zero-order chi connectivity index (χ0) is 15.3. The summed E-state index contributed by atoms with van der Waals surface area (Å²) < 4.78 is 18.6. The van der Waals surface area contributed by atoms with Crippen molar-refractivity contribution in [1.29, 1.82) is 0 Å². The Morgan fingerprint density at radius 3 is 2.60 bits per heavy atom. The normalized spacial score (nSPS) is 14.1. The average Bonchev–Trinajstić information content (AvgIpc) is 2.37. The molecule has 1 unspecified atom stereocenters. The van der Waals surface area contributed by atoms with E-state index in [4.69, 9.17) is 10.5 Å². The van der Waals surface area contributed by atoms with E-state index in [2.05, 4.69) is 5.32 Å². The van der Waals surface area contributed by atoms with E-state index >= 15 is 0 Å². The predicted octanol–water partition coefficient (Wildman–Crippen LogP) is 0.686. The Bertz CT molecular complexity index is 479. The van der Waals surface area contributed by atoms with E-state index in [1.807, 2.05) is 19.0 Å². The van der Waals surface area contributed by atoms with Gasteiger partial charge in [-0.3, -0.25) is 10.1 Å². The Kier molecular flexibility index (Phi) is 5.47. The number of ether oxygens (including phenoxy) is 1. The van der Waals surface area contributed by atoms with E-state index in [9.17, 15) is 9.18 Å². The van der Waals surface area contributed by atoms with Gasteiger partial charge in [0.2, 0.25) is 5.91 Å². The highest BCUT2D eigenvalue weighted by Gasteiger charge is 2.33. The molecule has 1 aromatic rings. The lowest BCUT2D eigenvalue weighted by atomic mass is 9.91. The van der Waals surface area contributed by atoms with Crippen molar-refractivity contribution in [3.8, 4) is 5.75 Å². The minimum Gasteiger partial charge on any atom is -0.494 e. The molecule has 0 aliphatic rings. The maximum absolute atomic E-state index is 13.8. The van der Waals surface area contributed by atoms with Gasteiger partial charge in [-0.1, -0.05) is 6.07 Å². The van der Waals surface area contributed by atoms with E-state index in [1.54, 1.807) is 13.0 Å². The van der Waals surface area contributed by atoms with Gasteiger partial charge in [-0.2, -0.15) is 0 Å². The number of carbonyl (C=O) groups excluding carboxylic acids is 1. The molecule has 0 aliphatic heterocycles. The first-order valence-electron chi connectivity index (χ1n) is 6.35. The van der Waals surface area contributed by atoms with Crippen LogP contribution in [0.25, 0.3) is 0 Å². The number of carbonyl (C=O) groups is 1. The molecule has 6 heteroatoms. The lowest BCUT2D eigenvalue weighted by Crippen LogP contribution is -2.52. The third kappa shape index (κ3) is 3.68. The van der Waals surface area contributed by atoms with Crippen molar-refractivity contribution in [1.82, 2.24) is 10.2 Å². The van der Waals surface area contributed by atoms with Crippen LogP contribution in [0.2, 0.25) is 0 Å². The number of nitrogens with one attached hydrogen (secondary N) is 1. The molecule has 0 radical (unpaired) electrons. The minimum absolute atomic E-state index is 0.133. The van der Waals surface area contributed by atoms with Crippen LogP contribution in [-0.4, -0.2) is 45.1 Å². The van der Waals surface area contributed by atoms with Gasteiger partial charge in [-0.25, -0.2) is 4.39 Å². The second-order valence-electron chi connectivity index (χ2n) is 5.07. The zero-order valence-electron chi connectivity index (χ0n) is 12.4. The third-order valence-corrected chi connectivity index (χ3v) is 3.26. The SMILES string of the molecule is COc1ccc(C(C)(NCCN(C)C)C(N)=O)cc1F. The quantitative estimate of drug-likeness (QED) is 0.772. The highest BCUT2D eigenvalue weighted by molar-refractivity contribution is 5.85. The molecule has 20 heavy (non-hydrogen) atoms. The summed E-state index contributed by atoms with van der Waals surface area (Å²) in [4.78, 5) is 13.7. The van der Waals surface area contributed by atoms with Gasteiger partial charge in [0, 0.05) is 13.1 Å². The Labute approximate surface area is 118 Å². The van der Waals surface area contributed by atoms with Crippen LogP contribution >= 0.6 is 0 Å². The van der Waals surface area contributed by atoms with Crippen LogP contribution in [0.1, 0.15) is 12.5 Å². The van der Waals surface area contributed by atoms with Crippen LogP contribution in [0.3, 0.4) is 0 Å². The van der Waals surface area contributed by atoms with Crippen LogP contribution < -0.4 is 15.8 Å². The number of rotatable bonds is 7. The van der Waals surface area contributed by atoms with Gasteiger partial charge in [0.05, 0.1) is 7.11 Å². The fourth-order valence-electron chi connectivity index (χ4n) is 1.84. The molecule has 0 saturated carbocycles. The summed E-state index contributed by atoms with van der Waals surface area (Å²) in [6.45, 7) is 2.94. The molecular formula is C14H22FN3O2. The number of likely N-dealkylation sites (N-methyl/N-ethyl adjacent to an activating group) is 1. The highest BCUT2D eigenvalue weighted by Crippen LogP contribution is 2.25. The number of nitrogens with two attached hydrogens (primary N) is 1. The largest absolute Gasteiger partial charge is 0.494 e. The first-order chi connectivity index (χ1) is 9.31. The second kappa shape index (κ2) is 6.67. The molecule has 1 amide bonds. The van der Waals surface area contributed by atoms with Gasteiger partial charge in [0.25, 0.3) is 0 Å². The number of methoxy groups -OCH3 is 1. The average molecular weight is 283 g/mol. The molecule has 0 bridgehead atoms. The van der Waals surface area contributed by atoms with Crippen molar-refractivity contribution < 1.29 is 13.9 Å². The van der Waals surface area contributed by atoms with Crippen LogP contribution in [0.4, 0.5) is 4.39 Å². The van der Waals surface area contributed by atoms with Crippen LogP contribution in [0.5, 0.6) is 5.75 Å². The molecule has 1 atom stereocenters. The smallest absolute Gasteiger partial charge is 0.242 e. The van der Waals surface area contributed by atoms with E-state index in [0.717, 1.165) is 6.54 Å². The van der Waals surface area contributed by atoms with Crippen molar-refractivity contribution >= 4 is 5.91 Å². The summed E-state index contributed by atoms with van der Waals surface area (Å²) >= 11 is 0. The monoisotopic (exact) mass is 283 g/mol. The maximum atomic E-state index is 13.8. The Hall–Kier alpha value is -1.66. The molecule has 1 rings (SSSR count). The first kappa shape index (κ1) is 16.4. The van der Waals surface area contributed by atoms with Crippen LogP contribution in [0, 0.1) is 5.82 Å². The zero-order valence-corrected chi connectivity index (χ0v) is 12.4. The highest BCUT2D eigenvalue weighted by atomic mass is 19.1. The van der Waals surface area contributed by atoms with Crippen molar-refractivity contribution in [2.45, 2.75) is 12.5 Å². The van der Waals surface area contributed by atoms with Crippen LogP contribution in [-0.2, 0) is 10.3 Å². The molecule has 5 nitrogen and oxygen atoms in total.